The molecule has 0 saturated heterocycles. The van der Waals surface area contributed by atoms with E-state index in [0.29, 0.717) is 56.1 Å². The molecule has 0 N–H and O–H groups in total. The molecule has 4 aromatic heterocycles. The molecule has 0 fully saturated rings. The van der Waals surface area contributed by atoms with Crippen molar-refractivity contribution in [2.45, 2.75) is 26.9 Å². The minimum absolute atomic E-state index is 0.0302. The molecule has 0 spiro atoms. The summed E-state index contributed by atoms with van der Waals surface area (Å²) in [7, 11) is 1.55. The highest BCUT2D eigenvalue weighted by Gasteiger charge is 2.18. The highest BCUT2D eigenvalue weighted by molar-refractivity contribution is 7.18. The maximum atomic E-state index is 14.4. The molecule has 0 aliphatic carbocycles. The Kier molecular flexibility index (Phi) is 7.41. The molecule has 0 aliphatic rings. The number of halogens is 1. The Morgan fingerprint density at radius 2 is 1.98 bits per heavy atom. The van der Waals surface area contributed by atoms with Crippen LogP contribution in [0.1, 0.15) is 36.3 Å². The molecular weight excluding hydrogens is 565 g/mol. The van der Waals surface area contributed by atoms with Gasteiger partial charge in [-0.2, -0.15) is 0 Å². The molecule has 6 aromatic rings. The van der Waals surface area contributed by atoms with Crippen LogP contribution in [-0.4, -0.2) is 50.6 Å². The van der Waals surface area contributed by atoms with Gasteiger partial charge in [-0.15, -0.1) is 16.4 Å². The fourth-order valence-electron chi connectivity index (χ4n) is 4.47. The van der Waals surface area contributed by atoms with Crippen molar-refractivity contribution in [3.8, 4) is 33.0 Å². The molecule has 0 saturated carbocycles. The van der Waals surface area contributed by atoms with Gasteiger partial charge < -0.3 is 18.8 Å². The third kappa shape index (κ3) is 5.40. The highest BCUT2D eigenvalue weighted by Crippen LogP contribution is 2.35. The number of methoxy groups -OCH3 is 1. The lowest BCUT2D eigenvalue weighted by Gasteiger charge is -2.20. The van der Waals surface area contributed by atoms with Crippen LogP contribution < -0.4 is 9.47 Å². The summed E-state index contributed by atoms with van der Waals surface area (Å²) < 4.78 is 33.1. The van der Waals surface area contributed by atoms with E-state index < -0.39 is 5.82 Å². The minimum Gasteiger partial charge on any atom is -0.486 e. The lowest BCUT2D eigenvalue weighted by molar-refractivity contribution is 0.0764. The molecule has 41 heavy (non-hydrogen) atoms. The van der Waals surface area contributed by atoms with Crippen LogP contribution >= 0.6 is 22.7 Å². The molecule has 210 valence electrons. The van der Waals surface area contributed by atoms with Gasteiger partial charge in [0.2, 0.25) is 4.96 Å². The number of benzene rings is 2. The fraction of sp³-hybridized carbons (Fsp3) is 0.241. The Bertz CT molecular complexity index is 1810. The third-order valence-corrected chi connectivity index (χ3v) is 8.31. The highest BCUT2D eigenvalue weighted by atomic mass is 32.1. The van der Waals surface area contributed by atoms with Crippen molar-refractivity contribution in [3.63, 3.8) is 0 Å². The number of hydrogen-bond donors (Lipinski definition) is 0. The van der Waals surface area contributed by atoms with Crippen LogP contribution in [0.5, 0.6) is 10.9 Å². The Labute approximate surface area is 242 Å². The van der Waals surface area contributed by atoms with Crippen LogP contribution in [0, 0.1) is 5.82 Å². The van der Waals surface area contributed by atoms with Crippen LogP contribution in [0.25, 0.3) is 38.0 Å². The monoisotopic (exact) mass is 591 g/mol. The number of imidazole rings is 1. The molecular formula is C29H26FN5O4S2. The average Bonchev–Trinajstić information content (AvgIpc) is 3.77. The maximum Gasteiger partial charge on any atom is 0.294 e. The molecule has 4 heterocycles. The first-order chi connectivity index (χ1) is 19.9. The number of amides is 1. The van der Waals surface area contributed by atoms with Gasteiger partial charge in [-0.1, -0.05) is 19.1 Å². The van der Waals surface area contributed by atoms with Gasteiger partial charge in [-0.05, 0) is 42.9 Å². The molecule has 12 heteroatoms. The summed E-state index contributed by atoms with van der Waals surface area (Å²) in [5.74, 6) is 0.380. The Morgan fingerprint density at radius 1 is 1.15 bits per heavy atom. The molecule has 2 aromatic carbocycles. The number of ether oxygens (including phenoxy) is 2. The summed E-state index contributed by atoms with van der Waals surface area (Å²) in [5.41, 5.74) is 3.20. The van der Waals surface area contributed by atoms with E-state index in [9.17, 15) is 9.18 Å². The van der Waals surface area contributed by atoms with E-state index >= 15 is 0 Å². The lowest BCUT2D eigenvalue weighted by atomic mass is 10.1. The molecule has 1 amide bonds. The number of nitrogens with zero attached hydrogens (tertiary/aromatic N) is 5. The first-order valence-corrected chi connectivity index (χ1v) is 14.8. The Morgan fingerprint density at radius 3 is 2.71 bits per heavy atom. The van der Waals surface area contributed by atoms with Crippen molar-refractivity contribution < 1.29 is 23.1 Å². The number of fused-ring (bicyclic) bond motifs is 2. The first kappa shape index (κ1) is 26.9. The molecule has 0 radical (unpaired) electrons. The second-order valence-electron chi connectivity index (χ2n) is 9.25. The number of aromatic nitrogens is 4. The molecule has 6 rings (SSSR count). The number of carbonyl (C=O) groups excluding carboxylic acids is 1. The number of thiazole rings is 1. The second kappa shape index (κ2) is 11.3. The van der Waals surface area contributed by atoms with Crippen LogP contribution in [0.15, 0.2) is 58.5 Å². The maximum absolute atomic E-state index is 14.4. The van der Waals surface area contributed by atoms with E-state index in [-0.39, 0.29) is 12.5 Å². The number of rotatable bonds is 10. The SMILES string of the molecule is CCCN(CC)C(=O)c1ccc(-c2nc(COc3cc(F)cc4oc(-c5cn6nc(OC)sc6n5)cc34)cs2)cc1. The molecule has 0 bridgehead atoms. The van der Waals surface area contributed by atoms with E-state index in [1.807, 2.05) is 41.5 Å². The molecule has 9 nitrogen and oxygen atoms in total. The molecule has 0 aliphatic heterocycles. The van der Waals surface area contributed by atoms with Gasteiger partial charge in [0.15, 0.2) is 5.76 Å². The normalized spacial score (nSPS) is 11.4. The molecule has 0 atom stereocenters. The fourth-order valence-corrected chi connectivity index (χ4v) is 5.98. The zero-order valence-corrected chi connectivity index (χ0v) is 24.2. The van der Waals surface area contributed by atoms with Crippen molar-refractivity contribution in [1.29, 1.82) is 0 Å². The van der Waals surface area contributed by atoms with Crippen LogP contribution in [0.2, 0.25) is 0 Å². The summed E-state index contributed by atoms with van der Waals surface area (Å²) in [6, 6.07) is 11.9. The van der Waals surface area contributed by atoms with Gasteiger partial charge in [0, 0.05) is 41.7 Å². The standard InChI is InChI=1S/C29H26FN5O4S2/c1-4-10-34(5-2)27(36)18-8-6-17(7-9-18)26-31-20(16-40-26)15-38-23-11-19(30)12-24-21(23)13-25(39-24)22-14-35-28(32-22)41-29(33-35)37-3/h6-9,11-14,16H,4-5,10,15H2,1-3H3. The predicted molar refractivity (Wildman–Crippen MR) is 156 cm³/mol. The summed E-state index contributed by atoms with van der Waals surface area (Å²) in [6.45, 7) is 5.61. The largest absolute Gasteiger partial charge is 0.486 e. The van der Waals surface area contributed by atoms with Crippen LogP contribution in [0.3, 0.4) is 0 Å². The van der Waals surface area contributed by atoms with E-state index in [2.05, 4.69) is 17.0 Å². The lowest BCUT2D eigenvalue weighted by Crippen LogP contribution is -2.31. The second-order valence-corrected chi connectivity index (χ2v) is 11.0. The van der Waals surface area contributed by atoms with Crippen molar-refractivity contribution in [3.05, 3.63) is 71.1 Å². The van der Waals surface area contributed by atoms with Gasteiger partial charge in [0.1, 0.15) is 34.5 Å². The Balaban J connectivity index is 1.18. The van der Waals surface area contributed by atoms with E-state index in [1.165, 1.54) is 34.8 Å². The summed E-state index contributed by atoms with van der Waals surface area (Å²) in [5, 5.41) is 8.13. The zero-order valence-electron chi connectivity index (χ0n) is 22.6. The van der Waals surface area contributed by atoms with E-state index in [4.69, 9.17) is 18.9 Å². The van der Waals surface area contributed by atoms with Crippen molar-refractivity contribution >= 4 is 44.5 Å². The third-order valence-electron chi connectivity index (χ3n) is 6.48. The first-order valence-electron chi connectivity index (χ1n) is 13.1. The number of hydrogen-bond acceptors (Lipinski definition) is 9. The predicted octanol–water partition coefficient (Wildman–Crippen LogP) is 6.93. The topological polar surface area (TPSA) is 95.0 Å². The van der Waals surface area contributed by atoms with Crippen molar-refractivity contribution in [2.75, 3.05) is 20.2 Å². The summed E-state index contributed by atoms with van der Waals surface area (Å²) >= 11 is 2.79. The van der Waals surface area contributed by atoms with E-state index in [1.54, 1.807) is 23.9 Å². The van der Waals surface area contributed by atoms with Gasteiger partial charge in [-0.3, -0.25) is 4.79 Å². The van der Waals surface area contributed by atoms with Crippen LogP contribution in [0.4, 0.5) is 4.39 Å². The minimum atomic E-state index is -0.472. The van der Waals surface area contributed by atoms with Gasteiger partial charge in [0.25, 0.3) is 11.1 Å². The van der Waals surface area contributed by atoms with Gasteiger partial charge in [-0.25, -0.2) is 18.9 Å². The Hall–Kier alpha value is -4.29. The van der Waals surface area contributed by atoms with Crippen molar-refractivity contribution in [2.24, 2.45) is 0 Å². The quantitative estimate of drug-likeness (QED) is 0.171. The van der Waals surface area contributed by atoms with E-state index in [0.717, 1.165) is 23.5 Å². The van der Waals surface area contributed by atoms with Crippen molar-refractivity contribution in [1.82, 2.24) is 24.5 Å². The number of furan rings is 1. The zero-order chi connectivity index (χ0) is 28.5. The average molecular weight is 592 g/mol. The van der Waals surface area contributed by atoms with Crippen LogP contribution in [-0.2, 0) is 6.61 Å². The number of carbonyl (C=O) groups is 1. The molecule has 0 unspecified atom stereocenters. The summed E-state index contributed by atoms with van der Waals surface area (Å²) in [4.78, 5) is 24.5. The smallest absolute Gasteiger partial charge is 0.294 e. The van der Waals surface area contributed by atoms with Gasteiger partial charge in [0.05, 0.1) is 24.4 Å². The summed E-state index contributed by atoms with van der Waals surface area (Å²) in [6.07, 6.45) is 2.65. The van der Waals surface area contributed by atoms with Gasteiger partial charge >= 0.3 is 0 Å².